The van der Waals surface area contributed by atoms with Crippen LogP contribution in [0.3, 0.4) is 0 Å². The summed E-state index contributed by atoms with van der Waals surface area (Å²) < 4.78 is 14.5. The molecule has 3 rings (SSSR count). The summed E-state index contributed by atoms with van der Waals surface area (Å²) in [6, 6.07) is 27.5. The maximum absolute atomic E-state index is 14.5. The third-order valence-electron chi connectivity index (χ3n) is 4.51. The van der Waals surface area contributed by atoms with Crippen LogP contribution >= 0.6 is 0 Å². The van der Waals surface area contributed by atoms with Crippen molar-refractivity contribution < 1.29 is 4.39 Å². The fourth-order valence-corrected chi connectivity index (χ4v) is 3.13. The Hall–Kier alpha value is -2.65. The van der Waals surface area contributed by atoms with Crippen molar-refractivity contribution in [3.63, 3.8) is 0 Å². The van der Waals surface area contributed by atoms with E-state index in [2.05, 4.69) is 41.4 Å². The van der Waals surface area contributed by atoms with E-state index >= 15 is 0 Å². The Morgan fingerprint density at radius 1 is 0.808 bits per heavy atom. The summed E-state index contributed by atoms with van der Waals surface area (Å²) in [5, 5.41) is 3.59. The van der Waals surface area contributed by atoms with Gasteiger partial charge in [-0.1, -0.05) is 79.7 Å². The Labute approximate surface area is 155 Å². The molecule has 0 aliphatic heterocycles. The molecule has 2 nitrogen and oxygen atoms in total. The Morgan fingerprint density at radius 3 is 2.00 bits per heavy atom. The standard InChI is InChI=1S/C23H25FN2/c1-2-23(25-17-19-11-5-3-6-12-19)26(18-20-13-7-4-8-14-20)22-16-10-9-15-21(22)24/h3-16,23,25H,2,17-18H2,1H3. The number of halogens is 1. The zero-order chi connectivity index (χ0) is 18.2. The average molecular weight is 348 g/mol. The molecule has 0 saturated carbocycles. The first kappa shape index (κ1) is 18.2. The van der Waals surface area contributed by atoms with E-state index in [4.69, 9.17) is 0 Å². The van der Waals surface area contributed by atoms with Gasteiger partial charge in [0.15, 0.2) is 0 Å². The lowest BCUT2D eigenvalue weighted by molar-refractivity contribution is 0.459. The van der Waals surface area contributed by atoms with E-state index in [9.17, 15) is 4.39 Å². The molecular formula is C23H25FN2. The van der Waals surface area contributed by atoms with Gasteiger partial charge in [-0.05, 0) is 29.7 Å². The second-order valence-electron chi connectivity index (χ2n) is 6.36. The van der Waals surface area contributed by atoms with Crippen LogP contribution in [0.15, 0.2) is 84.9 Å². The lowest BCUT2D eigenvalue weighted by Crippen LogP contribution is -2.45. The van der Waals surface area contributed by atoms with Crippen LogP contribution in [0.5, 0.6) is 0 Å². The van der Waals surface area contributed by atoms with Crippen molar-refractivity contribution in [3.8, 4) is 0 Å². The maximum Gasteiger partial charge on any atom is 0.146 e. The van der Waals surface area contributed by atoms with Gasteiger partial charge in [0, 0.05) is 13.1 Å². The molecule has 0 saturated heterocycles. The highest BCUT2D eigenvalue weighted by molar-refractivity contribution is 5.49. The molecule has 1 N–H and O–H groups in total. The minimum Gasteiger partial charge on any atom is -0.349 e. The topological polar surface area (TPSA) is 15.3 Å². The van der Waals surface area contributed by atoms with Crippen LogP contribution in [0.1, 0.15) is 24.5 Å². The second kappa shape index (κ2) is 9.16. The number of nitrogens with zero attached hydrogens (tertiary/aromatic N) is 1. The molecule has 0 fully saturated rings. The summed E-state index contributed by atoms with van der Waals surface area (Å²) >= 11 is 0. The number of hydrogen-bond donors (Lipinski definition) is 1. The zero-order valence-corrected chi connectivity index (χ0v) is 15.1. The summed E-state index contributed by atoms with van der Waals surface area (Å²) in [7, 11) is 0. The lowest BCUT2D eigenvalue weighted by atomic mass is 10.1. The van der Waals surface area contributed by atoms with Gasteiger partial charge in [0.1, 0.15) is 5.82 Å². The molecule has 134 valence electrons. The normalized spacial score (nSPS) is 11.9. The predicted octanol–water partition coefficient (Wildman–Crippen LogP) is 5.36. The lowest BCUT2D eigenvalue weighted by Gasteiger charge is -2.34. The smallest absolute Gasteiger partial charge is 0.146 e. The van der Waals surface area contributed by atoms with Crippen molar-refractivity contribution >= 4 is 5.69 Å². The fraction of sp³-hybridized carbons (Fsp3) is 0.217. The zero-order valence-electron chi connectivity index (χ0n) is 15.1. The van der Waals surface area contributed by atoms with Gasteiger partial charge < -0.3 is 4.90 Å². The summed E-state index contributed by atoms with van der Waals surface area (Å²) in [6.45, 7) is 3.53. The first-order chi connectivity index (χ1) is 12.8. The highest BCUT2D eigenvalue weighted by Gasteiger charge is 2.20. The molecule has 1 atom stereocenters. The fourth-order valence-electron chi connectivity index (χ4n) is 3.13. The quantitative estimate of drug-likeness (QED) is 0.551. The Bertz CT molecular complexity index is 790. The highest BCUT2D eigenvalue weighted by Crippen LogP contribution is 2.24. The summed E-state index contributed by atoms with van der Waals surface area (Å²) in [5.74, 6) is -0.191. The average Bonchev–Trinajstić information content (AvgIpc) is 2.69. The van der Waals surface area contributed by atoms with E-state index in [-0.39, 0.29) is 12.0 Å². The highest BCUT2D eigenvalue weighted by atomic mass is 19.1. The Kier molecular flexibility index (Phi) is 6.39. The van der Waals surface area contributed by atoms with E-state index in [0.717, 1.165) is 18.5 Å². The SMILES string of the molecule is CCC(NCc1ccccc1)N(Cc1ccccc1)c1ccccc1F. The molecule has 1 unspecified atom stereocenters. The van der Waals surface area contributed by atoms with Gasteiger partial charge in [-0.15, -0.1) is 0 Å². The van der Waals surface area contributed by atoms with Crippen LogP contribution in [0.4, 0.5) is 10.1 Å². The van der Waals surface area contributed by atoms with Gasteiger partial charge in [0.25, 0.3) is 0 Å². The van der Waals surface area contributed by atoms with Crippen molar-refractivity contribution in [2.45, 2.75) is 32.6 Å². The molecule has 0 aromatic heterocycles. The molecule has 0 aliphatic carbocycles. The van der Waals surface area contributed by atoms with Crippen molar-refractivity contribution in [3.05, 3.63) is 102 Å². The van der Waals surface area contributed by atoms with Crippen molar-refractivity contribution in [1.82, 2.24) is 5.32 Å². The van der Waals surface area contributed by atoms with Crippen LogP contribution in [0.25, 0.3) is 0 Å². The molecule has 0 bridgehead atoms. The van der Waals surface area contributed by atoms with E-state index < -0.39 is 0 Å². The predicted molar refractivity (Wildman–Crippen MR) is 106 cm³/mol. The van der Waals surface area contributed by atoms with Crippen LogP contribution in [-0.2, 0) is 13.1 Å². The molecule has 0 heterocycles. The number of para-hydroxylation sites is 1. The molecule has 3 heteroatoms. The van der Waals surface area contributed by atoms with Gasteiger partial charge in [0.05, 0.1) is 11.9 Å². The Balaban J connectivity index is 1.84. The van der Waals surface area contributed by atoms with Crippen LogP contribution < -0.4 is 10.2 Å². The molecule has 3 aromatic carbocycles. The van der Waals surface area contributed by atoms with Gasteiger partial charge in [-0.2, -0.15) is 0 Å². The first-order valence-electron chi connectivity index (χ1n) is 9.10. The van der Waals surface area contributed by atoms with Crippen molar-refractivity contribution in [2.75, 3.05) is 4.90 Å². The van der Waals surface area contributed by atoms with E-state index in [0.29, 0.717) is 12.2 Å². The largest absolute Gasteiger partial charge is 0.349 e. The van der Waals surface area contributed by atoms with E-state index in [1.54, 1.807) is 6.07 Å². The summed E-state index contributed by atoms with van der Waals surface area (Å²) in [6.07, 6.45) is 0.904. The third kappa shape index (κ3) is 4.70. The number of hydrogen-bond acceptors (Lipinski definition) is 2. The van der Waals surface area contributed by atoms with Gasteiger partial charge >= 0.3 is 0 Å². The minimum absolute atomic E-state index is 0.0345. The molecule has 26 heavy (non-hydrogen) atoms. The summed E-state index contributed by atoms with van der Waals surface area (Å²) in [4.78, 5) is 2.12. The maximum atomic E-state index is 14.5. The van der Waals surface area contributed by atoms with Crippen molar-refractivity contribution in [2.24, 2.45) is 0 Å². The van der Waals surface area contributed by atoms with Crippen molar-refractivity contribution in [1.29, 1.82) is 0 Å². The Morgan fingerprint density at radius 2 is 1.38 bits per heavy atom. The molecule has 0 amide bonds. The third-order valence-corrected chi connectivity index (χ3v) is 4.51. The minimum atomic E-state index is -0.191. The number of benzene rings is 3. The van der Waals surface area contributed by atoms with Crippen LogP contribution in [0.2, 0.25) is 0 Å². The molecular weight excluding hydrogens is 323 g/mol. The molecule has 0 spiro atoms. The van der Waals surface area contributed by atoms with Gasteiger partial charge in [-0.25, -0.2) is 4.39 Å². The molecule has 3 aromatic rings. The van der Waals surface area contributed by atoms with E-state index in [1.807, 2.05) is 48.5 Å². The monoisotopic (exact) mass is 348 g/mol. The number of nitrogens with one attached hydrogen (secondary N) is 1. The summed E-state index contributed by atoms with van der Waals surface area (Å²) in [5.41, 5.74) is 3.01. The van der Waals surface area contributed by atoms with Gasteiger partial charge in [-0.3, -0.25) is 5.32 Å². The molecule has 0 aliphatic rings. The molecule has 0 radical (unpaired) electrons. The van der Waals surface area contributed by atoms with E-state index in [1.165, 1.54) is 11.6 Å². The number of anilines is 1. The van der Waals surface area contributed by atoms with Crippen LogP contribution in [0, 0.1) is 5.82 Å². The second-order valence-corrected chi connectivity index (χ2v) is 6.36. The number of rotatable bonds is 8. The van der Waals surface area contributed by atoms with Gasteiger partial charge in [0.2, 0.25) is 0 Å². The first-order valence-corrected chi connectivity index (χ1v) is 9.10. The van der Waals surface area contributed by atoms with Crippen LogP contribution in [-0.4, -0.2) is 6.17 Å².